The molecule has 0 N–H and O–H groups in total. The maximum atomic E-state index is 13.0. The quantitative estimate of drug-likeness (QED) is 0.662. The number of carbonyl (C=O) groups excluding carboxylic acids is 2. The molecule has 8 heteroatoms. The molecule has 0 fully saturated rings. The number of hydrogen-bond donors (Lipinski definition) is 0. The first-order valence-corrected chi connectivity index (χ1v) is 8.90. The molecule has 1 aliphatic heterocycles. The molecule has 0 aliphatic carbocycles. The fraction of sp³-hybridized carbons (Fsp3) is 0. The van der Waals surface area contributed by atoms with Gasteiger partial charge in [0, 0.05) is 5.39 Å². The van der Waals surface area contributed by atoms with E-state index in [1.807, 2.05) is 0 Å². The molecule has 1 aliphatic rings. The van der Waals surface area contributed by atoms with Gasteiger partial charge in [-0.25, -0.2) is 4.39 Å². The van der Waals surface area contributed by atoms with Gasteiger partial charge >= 0.3 is 10.1 Å². The molecule has 3 aromatic rings. The van der Waals surface area contributed by atoms with Crippen LogP contribution in [-0.4, -0.2) is 25.3 Å². The lowest BCUT2D eigenvalue weighted by Crippen LogP contribution is -2.41. The Morgan fingerprint density at radius 1 is 0.808 bits per heavy atom. The highest BCUT2D eigenvalue weighted by Crippen LogP contribution is 2.31. The molecule has 3 aromatic carbocycles. The smallest absolute Gasteiger partial charge is 0.266 e. The Hall–Kier alpha value is -3.10. The minimum absolute atomic E-state index is 0.159. The molecule has 4 rings (SSSR count). The number of halogens is 1. The third-order valence-corrected chi connectivity index (χ3v) is 5.20. The van der Waals surface area contributed by atoms with Gasteiger partial charge in [-0.1, -0.05) is 24.3 Å². The molecule has 0 saturated carbocycles. The van der Waals surface area contributed by atoms with E-state index in [9.17, 15) is 22.4 Å². The molecule has 130 valence electrons. The fourth-order valence-corrected chi connectivity index (χ4v) is 3.71. The Kier molecular flexibility index (Phi) is 3.60. The maximum Gasteiger partial charge on any atom is 0.318 e. The van der Waals surface area contributed by atoms with Gasteiger partial charge in [0.05, 0.1) is 16.0 Å². The van der Waals surface area contributed by atoms with E-state index in [0.29, 0.717) is 10.8 Å². The van der Waals surface area contributed by atoms with Crippen molar-refractivity contribution in [3.8, 4) is 0 Å². The number of nitrogens with zero attached hydrogens (tertiary/aromatic N) is 1. The SMILES string of the molecule is O=C1c2cccc3cccc(c23)C(=O)N1OS(=O)(=O)c1ccc(F)cc1. The molecule has 1 heterocycles. The van der Waals surface area contributed by atoms with E-state index in [2.05, 4.69) is 0 Å². The number of benzene rings is 3. The lowest BCUT2D eigenvalue weighted by atomic mass is 9.95. The second-order valence-electron chi connectivity index (χ2n) is 5.60. The van der Waals surface area contributed by atoms with Crippen LogP contribution in [-0.2, 0) is 14.4 Å². The summed E-state index contributed by atoms with van der Waals surface area (Å²) in [5, 5.41) is 1.35. The number of amides is 2. The predicted octanol–water partition coefficient (Wildman–Crippen LogP) is 2.90. The van der Waals surface area contributed by atoms with Crippen LogP contribution in [0.4, 0.5) is 4.39 Å². The Morgan fingerprint density at radius 2 is 1.35 bits per heavy atom. The van der Waals surface area contributed by atoms with Gasteiger partial charge in [0.25, 0.3) is 11.8 Å². The number of rotatable bonds is 3. The highest BCUT2D eigenvalue weighted by Gasteiger charge is 2.37. The molecule has 2 amide bonds. The average Bonchev–Trinajstić information content (AvgIpc) is 2.63. The van der Waals surface area contributed by atoms with Crippen LogP contribution in [0.3, 0.4) is 0 Å². The molecule has 0 aromatic heterocycles. The summed E-state index contributed by atoms with van der Waals surface area (Å²) in [4.78, 5) is 24.9. The van der Waals surface area contributed by atoms with Crippen LogP contribution < -0.4 is 0 Å². The first-order chi connectivity index (χ1) is 12.4. The molecule has 26 heavy (non-hydrogen) atoms. The third-order valence-electron chi connectivity index (χ3n) is 4.01. The van der Waals surface area contributed by atoms with Gasteiger partial charge in [-0.3, -0.25) is 9.59 Å². The van der Waals surface area contributed by atoms with Crippen molar-refractivity contribution in [2.24, 2.45) is 0 Å². The van der Waals surface area contributed by atoms with E-state index in [1.54, 1.807) is 24.3 Å². The minimum Gasteiger partial charge on any atom is -0.266 e. The first kappa shape index (κ1) is 16.4. The zero-order chi connectivity index (χ0) is 18.5. The summed E-state index contributed by atoms with van der Waals surface area (Å²) in [7, 11) is -4.50. The topological polar surface area (TPSA) is 80.8 Å². The van der Waals surface area contributed by atoms with Crippen molar-refractivity contribution in [1.82, 2.24) is 5.06 Å². The van der Waals surface area contributed by atoms with Crippen molar-refractivity contribution in [2.75, 3.05) is 0 Å². The van der Waals surface area contributed by atoms with Crippen molar-refractivity contribution in [3.05, 3.63) is 77.6 Å². The standard InChI is InChI=1S/C18H10FNO5S/c19-12-7-9-13(10-8-12)26(23,24)25-20-17(21)14-5-1-3-11-4-2-6-15(16(11)14)18(20)22/h1-10H. The third kappa shape index (κ3) is 2.47. The van der Waals surface area contributed by atoms with Crippen molar-refractivity contribution >= 4 is 32.7 Å². The summed E-state index contributed by atoms with van der Waals surface area (Å²) in [6, 6.07) is 13.6. The van der Waals surface area contributed by atoms with Gasteiger partial charge in [0.2, 0.25) is 0 Å². The number of carbonyl (C=O) groups is 2. The highest BCUT2D eigenvalue weighted by molar-refractivity contribution is 7.86. The Bertz CT molecular complexity index is 1120. The van der Waals surface area contributed by atoms with Crippen LogP contribution in [0.25, 0.3) is 10.8 Å². The van der Waals surface area contributed by atoms with Crippen LogP contribution in [0, 0.1) is 5.82 Å². The van der Waals surface area contributed by atoms with E-state index in [4.69, 9.17) is 4.28 Å². The van der Waals surface area contributed by atoms with Gasteiger partial charge < -0.3 is 0 Å². The van der Waals surface area contributed by atoms with Gasteiger partial charge in [-0.15, -0.1) is 9.35 Å². The van der Waals surface area contributed by atoms with Crippen LogP contribution >= 0.6 is 0 Å². The number of hydrogen-bond acceptors (Lipinski definition) is 5. The molecule has 0 unspecified atom stereocenters. The second kappa shape index (κ2) is 5.72. The summed E-state index contributed by atoms with van der Waals surface area (Å²) >= 11 is 0. The number of imide groups is 1. The van der Waals surface area contributed by atoms with E-state index < -0.39 is 27.7 Å². The summed E-state index contributed by atoms with van der Waals surface area (Å²) in [6.45, 7) is 0. The monoisotopic (exact) mass is 371 g/mol. The Balaban J connectivity index is 1.78. The molecule has 0 spiro atoms. The first-order valence-electron chi connectivity index (χ1n) is 7.49. The zero-order valence-corrected chi connectivity index (χ0v) is 13.9. The largest absolute Gasteiger partial charge is 0.318 e. The normalized spacial score (nSPS) is 14.1. The fourth-order valence-electron chi connectivity index (χ4n) is 2.82. The Morgan fingerprint density at radius 3 is 1.88 bits per heavy atom. The molecular formula is C18H10FNO5S. The molecule has 0 bridgehead atoms. The summed E-state index contributed by atoms with van der Waals surface area (Å²) in [5.74, 6) is -2.40. The predicted molar refractivity (Wildman–Crippen MR) is 89.1 cm³/mol. The average molecular weight is 371 g/mol. The van der Waals surface area contributed by atoms with Gasteiger partial charge in [0.1, 0.15) is 5.82 Å². The highest BCUT2D eigenvalue weighted by atomic mass is 32.2. The summed E-state index contributed by atoms with van der Waals surface area (Å²) in [5.41, 5.74) is 0.319. The van der Waals surface area contributed by atoms with E-state index in [0.717, 1.165) is 24.3 Å². The van der Waals surface area contributed by atoms with Crippen LogP contribution in [0.5, 0.6) is 0 Å². The van der Waals surface area contributed by atoms with Gasteiger partial charge in [-0.2, -0.15) is 8.42 Å². The maximum absolute atomic E-state index is 13.0. The van der Waals surface area contributed by atoms with Crippen LogP contribution in [0.1, 0.15) is 20.7 Å². The van der Waals surface area contributed by atoms with Crippen molar-refractivity contribution in [2.45, 2.75) is 4.90 Å². The molecule has 0 saturated heterocycles. The second-order valence-corrected chi connectivity index (χ2v) is 7.13. The number of hydroxylamine groups is 2. The van der Waals surface area contributed by atoms with E-state index in [-0.39, 0.29) is 21.1 Å². The zero-order valence-electron chi connectivity index (χ0n) is 13.0. The Labute approximate surface area is 147 Å². The van der Waals surface area contributed by atoms with E-state index in [1.165, 1.54) is 12.1 Å². The molecular weight excluding hydrogens is 361 g/mol. The lowest BCUT2D eigenvalue weighted by Gasteiger charge is -2.25. The van der Waals surface area contributed by atoms with Gasteiger partial charge in [0.15, 0.2) is 0 Å². The lowest BCUT2D eigenvalue weighted by molar-refractivity contribution is -0.0155. The van der Waals surface area contributed by atoms with Crippen molar-refractivity contribution < 1.29 is 26.7 Å². The van der Waals surface area contributed by atoms with Crippen molar-refractivity contribution in [3.63, 3.8) is 0 Å². The van der Waals surface area contributed by atoms with Crippen LogP contribution in [0.2, 0.25) is 0 Å². The molecule has 0 radical (unpaired) electrons. The van der Waals surface area contributed by atoms with Crippen LogP contribution in [0.15, 0.2) is 65.6 Å². The van der Waals surface area contributed by atoms with Gasteiger partial charge in [-0.05, 0) is 41.8 Å². The minimum atomic E-state index is -4.50. The van der Waals surface area contributed by atoms with Crippen molar-refractivity contribution in [1.29, 1.82) is 0 Å². The molecule has 0 atom stereocenters. The summed E-state index contributed by atoms with van der Waals surface area (Å²) < 4.78 is 42.5. The summed E-state index contributed by atoms with van der Waals surface area (Å²) in [6.07, 6.45) is 0. The van der Waals surface area contributed by atoms with E-state index >= 15 is 0 Å². The molecule has 6 nitrogen and oxygen atoms in total.